The summed E-state index contributed by atoms with van der Waals surface area (Å²) in [4.78, 5) is 22.1. The number of benzene rings is 1. The zero-order valence-electron chi connectivity index (χ0n) is 17.7. The van der Waals surface area contributed by atoms with Crippen LogP contribution in [0.3, 0.4) is 0 Å². The highest BCUT2D eigenvalue weighted by molar-refractivity contribution is 6.33. The molecule has 1 aromatic heterocycles. The Morgan fingerprint density at radius 3 is 2.81 bits per heavy atom. The Morgan fingerprint density at radius 1 is 1.34 bits per heavy atom. The van der Waals surface area contributed by atoms with Gasteiger partial charge in [-0.2, -0.15) is 10.2 Å². The largest absolute Gasteiger partial charge is 0.476 e. The molecular formula is C22H22Cl2N4O4. The van der Waals surface area contributed by atoms with Gasteiger partial charge in [-0.25, -0.2) is 9.78 Å². The number of aromatic nitrogens is 2. The van der Waals surface area contributed by atoms with Gasteiger partial charge in [-0.05, 0) is 50.8 Å². The zero-order valence-corrected chi connectivity index (χ0v) is 19.2. The molecule has 1 saturated heterocycles. The normalized spacial score (nSPS) is 21.5. The Morgan fingerprint density at radius 2 is 2.12 bits per heavy atom. The molecule has 1 amide bonds. The number of nitriles is 1. The van der Waals surface area contributed by atoms with Gasteiger partial charge in [-0.3, -0.25) is 0 Å². The van der Waals surface area contributed by atoms with E-state index in [2.05, 4.69) is 9.97 Å². The fourth-order valence-corrected chi connectivity index (χ4v) is 4.29. The van der Waals surface area contributed by atoms with Gasteiger partial charge in [0.25, 0.3) is 0 Å². The van der Waals surface area contributed by atoms with Gasteiger partial charge in [0.05, 0.1) is 29.4 Å². The Bertz CT molecular complexity index is 1070. The van der Waals surface area contributed by atoms with Gasteiger partial charge in [0.1, 0.15) is 12.1 Å². The summed E-state index contributed by atoms with van der Waals surface area (Å²) in [5, 5.41) is 9.36. The van der Waals surface area contributed by atoms with Crippen LogP contribution in [0.2, 0.25) is 10.0 Å². The minimum absolute atomic E-state index is 0.0142. The van der Waals surface area contributed by atoms with E-state index in [1.165, 1.54) is 12.4 Å². The molecule has 2 heterocycles. The van der Waals surface area contributed by atoms with E-state index in [-0.39, 0.29) is 39.4 Å². The van der Waals surface area contributed by atoms with E-state index < -0.39 is 0 Å². The van der Waals surface area contributed by atoms with E-state index in [9.17, 15) is 4.79 Å². The Labute approximate surface area is 196 Å². The van der Waals surface area contributed by atoms with Crippen molar-refractivity contribution in [2.24, 2.45) is 11.3 Å². The van der Waals surface area contributed by atoms with Crippen molar-refractivity contribution >= 4 is 29.3 Å². The highest BCUT2D eigenvalue weighted by Crippen LogP contribution is 2.58. The Balaban J connectivity index is 1.38. The van der Waals surface area contributed by atoms with Gasteiger partial charge >= 0.3 is 6.09 Å². The first kappa shape index (κ1) is 22.4. The predicted octanol–water partition coefficient (Wildman–Crippen LogP) is 5.08. The molecule has 1 saturated carbocycles. The molecule has 2 fully saturated rings. The van der Waals surface area contributed by atoms with Gasteiger partial charge in [-0.1, -0.05) is 23.2 Å². The summed E-state index contributed by atoms with van der Waals surface area (Å²) >= 11 is 12.6. The van der Waals surface area contributed by atoms with Crippen molar-refractivity contribution in [1.82, 2.24) is 14.9 Å². The van der Waals surface area contributed by atoms with E-state index in [0.29, 0.717) is 36.9 Å². The first-order valence-electron chi connectivity index (χ1n) is 10.3. The smallest absolute Gasteiger partial charge is 0.410 e. The number of amides is 1. The molecule has 0 spiro atoms. The van der Waals surface area contributed by atoms with Crippen LogP contribution in [0.15, 0.2) is 24.5 Å². The molecule has 2 aliphatic rings. The van der Waals surface area contributed by atoms with E-state index in [1.807, 2.05) is 19.9 Å². The third kappa shape index (κ3) is 4.69. The average Bonchev–Trinajstić information content (AvgIpc) is 3.49. The van der Waals surface area contributed by atoms with Crippen LogP contribution >= 0.6 is 23.2 Å². The Hall–Kier alpha value is -2.76. The van der Waals surface area contributed by atoms with Crippen LogP contribution in [0.4, 0.5) is 4.79 Å². The number of carbonyl (C=O) groups excluding carboxylic acids is 1. The third-order valence-electron chi connectivity index (χ3n) is 5.76. The molecule has 0 N–H and O–H groups in total. The summed E-state index contributed by atoms with van der Waals surface area (Å²) in [7, 11) is 0. The van der Waals surface area contributed by atoms with E-state index in [1.54, 1.807) is 17.0 Å². The van der Waals surface area contributed by atoms with Crippen LogP contribution in [0, 0.1) is 22.7 Å². The molecule has 32 heavy (non-hydrogen) atoms. The standard InChI is InChI=1S/C22H22Cl2N4O4/c1-13(2)31-21(29)28-6-5-22(8-15(22)10-28)11-30-19-18(24)20(27-12-26-19)32-17-4-3-14(9-25)7-16(17)23/h3-4,7,12-13,15H,5-6,8,10-11H2,1-2H3. The van der Waals surface area contributed by atoms with E-state index >= 15 is 0 Å². The molecule has 8 nitrogen and oxygen atoms in total. The predicted molar refractivity (Wildman–Crippen MR) is 117 cm³/mol. The third-order valence-corrected chi connectivity index (χ3v) is 6.38. The summed E-state index contributed by atoms with van der Waals surface area (Å²) in [6.45, 7) is 5.43. The number of rotatable bonds is 6. The second-order valence-electron chi connectivity index (χ2n) is 8.34. The van der Waals surface area contributed by atoms with Gasteiger partial charge in [0.15, 0.2) is 5.02 Å². The fourth-order valence-electron chi connectivity index (χ4n) is 3.88. The monoisotopic (exact) mass is 476 g/mol. The van der Waals surface area contributed by atoms with Crippen LogP contribution in [-0.2, 0) is 4.74 Å². The average molecular weight is 477 g/mol. The second-order valence-corrected chi connectivity index (χ2v) is 9.12. The van der Waals surface area contributed by atoms with Crippen molar-refractivity contribution in [3.63, 3.8) is 0 Å². The molecule has 1 aliphatic carbocycles. The van der Waals surface area contributed by atoms with Gasteiger partial charge in [0.2, 0.25) is 11.8 Å². The summed E-state index contributed by atoms with van der Waals surface area (Å²) < 4.78 is 17.0. The van der Waals surface area contributed by atoms with Crippen molar-refractivity contribution in [1.29, 1.82) is 5.26 Å². The number of hydrogen-bond donors (Lipinski definition) is 0. The van der Waals surface area contributed by atoms with Gasteiger partial charge < -0.3 is 19.1 Å². The summed E-state index contributed by atoms with van der Waals surface area (Å²) in [5.41, 5.74) is 0.433. The first-order valence-corrected chi connectivity index (χ1v) is 11.0. The van der Waals surface area contributed by atoms with Crippen LogP contribution in [0.5, 0.6) is 17.5 Å². The van der Waals surface area contributed by atoms with Crippen LogP contribution in [-0.4, -0.2) is 46.8 Å². The number of ether oxygens (including phenoxy) is 3. The van der Waals surface area contributed by atoms with Crippen LogP contribution in [0.25, 0.3) is 0 Å². The summed E-state index contributed by atoms with van der Waals surface area (Å²) in [6, 6.07) is 6.67. The quantitative estimate of drug-likeness (QED) is 0.572. The van der Waals surface area contributed by atoms with E-state index in [0.717, 1.165) is 12.8 Å². The van der Waals surface area contributed by atoms with Crippen molar-refractivity contribution in [3.8, 4) is 23.6 Å². The summed E-state index contributed by atoms with van der Waals surface area (Å²) in [5.74, 6) is 1.02. The topological polar surface area (TPSA) is 97.6 Å². The minimum Gasteiger partial charge on any atom is -0.476 e. The van der Waals surface area contributed by atoms with Crippen molar-refractivity contribution in [3.05, 3.63) is 40.1 Å². The molecule has 2 atom stereocenters. The maximum atomic E-state index is 12.1. The van der Waals surface area contributed by atoms with Crippen LogP contribution in [0.1, 0.15) is 32.3 Å². The molecule has 2 aromatic rings. The molecule has 0 radical (unpaired) electrons. The number of carbonyl (C=O) groups is 1. The molecule has 2 unspecified atom stereocenters. The summed E-state index contributed by atoms with van der Waals surface area (Å²) in [6.07, 6.45) is 2.72. The highest BCUT2D eigenvalue weighted by Gasteiger charge is 2.58. The minimum atomic E-state index is -0.261. The molecular weight excluding hydrogens is 455 g/mol. The number of piperidine rings is 1. The maximum Gasteiger partial charge on any atom is 0.410 e. The first-order chi connectivity index (χ1) is 15.3. The van der Waals surface area contributed by atoms with Crippen molar-refractivity contribution in [2.45, 2.75) is 32.8 Å². The second kappa shape index (κ2) is 9.00. The zero-order chi connectivity index (χ0) is 22.9. The van der Waals surface area contributed by atoms with E-state index in [4.69, 9.17) is 42.7 Å². The van der Waals surface area contributed by atoms with Gasteiger partial charge in [0, 0.05) is 18.5 Å². The van der Waals surface area contributed by atoms with Gasteiger partial charge in [-0.15, -0.1) is 0 Å². The number of nitrogens with zero attached hydrogens (tertiary/aromatic N) is 4. The molecule has 10 heteroatoms. The molecule has 1 aliphatic heterocycles. The fraction of sp³-hybridized carbons (Fsp3) is 0.455. The lowest BCUT2D eigenvalue weighted by Gasteiger charge is -2.31. The SMILES string of the molecule is CC(C)OC(=O)N1CCC2(COc3ncnc(Oc4ccc(C#N)cc4Cl)c3Cl)CC2C1. The number of fused-ring (bicyclic) bond motifs is 1. The number of hydrogen-bond acceptors (Lipinski definition) is 7. The van der Waals surface area contributed by atoms with Crippen molar-refractivity contribution in [2.75, 3.05) is 19.7 Å². The van der Waals surface area contributed by atoms with Crippen molar-refractivity contribution < 1.29 is 19.0 Å². The molecule has 4 rings (SSSR count). The Kier molecular flexibility index (Phi) is 6.31. The lowest BCUT2D eigenvalue weighted by Crippen LogP contribution is -2.41. The molecule has 0 bridgehead atoms. The highest BCUT2D eigenvalue weighted by atomic mass is 35.5. The van der Waals surface area contributed by atoms with Crippen LogP contribution < -0.4 is 9.47 Å². The molecule has 1 aromatic carbocycles. The number of likely N-dealkylation sites (tertiary alicyclic amines) is 1. The molecule has 168 valence electrons. The lowest BCUT2D eigenvalue weighted by molar-refractivity contribution is 0.0587. The number of halogens is 2. The lowest BCUT2D eigenvalue weighted by atomic mass is 9.96. The maximum absolute atomic E-state index is 12.1.